The second-order valence-corrected chi connectivity index (χ2v) is 5.74. The first kappa shape index (κ1) is 16.3. The van der Waals surface area contributed by atoms with Crippen LogP contribution in [0.1, 0.15) is 19.4 Å². The average Bonchev–Trinajstić information content (AvgIpc) is 3.29. The number of benzene rings is 1. The predicted molar refractivity (Wildman–Crippen MR) is 81.9 cm³/mol. The van der Waals surface area contributed by atoms with E-state index in [0.717, 1.165) is 32.0 Å². The lowest BCUT2D eigenvalue weighted by Crippen LogP contribution is -2.09. The molecule has 1 aromatic carbocycles. The van der Waals surface area contributed by atoms with Gasteiger partial charge in [-0.2, -0.15) is 0 Å². The first-order chi connectivity index (χ1) is 10.2. The number of rotatable bonds is 11. The Morgan fingerprint density at radius 2 is 1.81 bits per heavy atom. The molecule has 0 saturated carbocycles. The number of hydrogen-bond donors (Lipinski definition) is 0. The molecule has 0 aliphatic carbocycles. The zero-order valence-electron chi connectivity index (χ0n) is 13.0. The number of epoxide rings is 1. The summed E-state index contributed by atoms with van der Waals surface area (Å²) in [7, 11) is 0. The summed E-state index contributed by atoms with van der Waals surface area (Å²) < 4.78 is 21.7. The van der Waals surface area contributed by atoms with E-state index in [1.54, 1.807) is 0 Å². The van der Waals surface area contributed by atoms with Gasteiger partial charge in [0.15, 0.2) is 0 Å². The standard InChI is InChI=1S/C17H26O4/c1-14(2)11-19-10-9-18-8-7-15-3-5-16(6-4-15)20-12-17-13-21-17/h3-6,14,17H,7-13H2,1-2H3. The van der Waals surface area contributed by atoms with Crippen LogP contribution in [0.4, 0.5) is 0 Å². The zero-order chi connectivity index (χ0) is 14.9. The second-order valence-electron chi connectivity index (χ2n) is 5.74. The van der Waals surface area contributed by atoms with Crippen molar-refractivity contribution < 1.29 is 18.9 Å². The van der Waals surface area contributed by atoms with Gasteiger partial charge in [-0.25, -0.2) is 0 Å². The molecule has 1 aliphatic rings. The highest BCUT2D eigenvalue weighted by atomic mass is 16.6. The van der Waals surface area contributed by atoms with Gasteiger partial charge in [-0.3, -0.25) is 0 Å². The average molecular weight is 294 g/mol. The molecule has 0 spiro atoms. The lowest BCUT2D eigenvalue weighted by Gasteiger charge is -2.08. The van der Waals surface area contributed by atoms with Gasteiger partial charge in [-0.15, -0.1) is 0 Å². The molecule has 4 nitrogen and oxygen atoms in total. The van der Waals surface area contributed by atoms with E-state index in [9.17, 15) is 0 Å². The number of ether oxygens (including phenoxy) is 4. The molecule has 1 aromatic rings. The van der Waals surface area contributed by atoms with E-state index < -0.39 is 0 Å². The summed E-state index contributed by atoms with van der Waals surface area (Å²) in [6, 6.07) is 8.18. The fraction of sp³-hybridized carbons (Fsp3) is 0.647. The van der Waals surface area contributed by atoms with Gasteiger partial charge in [0.2, 0.25) is 0 Å². The maximum absolute atomic E-state index is 5.60. The molecule has 0 radical (unpaired) electrons. The molecular weight excluding hydrogens is 268 g/mol. The minimum atomic E-state index is 0.302. The van der Waals surface area contributed by atoms with E-state index >= 15 is 0 Å². The third kappa shape index (κ3) is 7.46. The largest absolute Gasteiger partial charge is 0.491 e. The van der Waals surface area contributed by atoms with Crippen LogP contribution < -0.4 is 4.74 Å². The molecule has 1 aliphatic heterocycles. The van der Waals surface area contributed by atoms with Gasteiger partial charge < -0.3 is 18.9 Å². The fourth-order valence-electron chi connectivity index (χ4n) is 1.83. The SMILES string of the molecule is CC(C)COCCOCCc1ccc(OCC2CO2)cc1. The van der Waals surface area contributed by atoms with Gasteiger partial charge in [0.05, 0.1) is 26.4 Å². The lowest BCUT2D eigenvalue weighted by molar-refractivity contribution is 0.0388. The summed E-state index contributed by atoms with van der Waals surface area (Å²) >= 11 is 0. The van der Waals surface area contributed by atoms with Crippen LogP contribution in [0.5, 0.6) is 5.75 Å². The summed E-state index contributed by atoms with van der Waals surface area (Å²) in [5.74, 6) is 1.48. The van der Waals surface area contributed by atoms with Crippen LogP contribution in [0.15, 0.2) is 24.3 Å². The highest BCUT2D eigenvalue weighted by molar-refractivity contribution is 5.27. The maximum Gasteiger partial charge on any atom is 0.119 e. The molecule has 21 heavy (non-hydrogen) atoms. The van der Waals surface area contributed by atoms with Gasteiger partial charge >= 0.3 is 0 Å². The second kappa shape index (κ2) is 9.03. The van der Waals surface area contributed by atoms with Crippen LogP contribution >= 0.6 is 0 Å². The molecular formula is C17H26O4. The molecule has 0 N–H and O–H groups in total. The zero-order valence-corrected chi connectivity index (χ0v) is 13.0. The molecule has 1 heterocycles. The van der Waals surface area contributed by atoms with Crippen molar-refractivity contribution in [2.45, 2.75) is 26.4 Å². The predicted octanol–water partition coefficient (Wildman–Crippen LogP) is 2.70. The van der Waals surface area contributed by atoms with Crippen molar-refractivity contribution in [3.8, 4) is 5.75 Å². The van der Waals surface area contributed by atoms with E-state index in [4.69, 9.17) is 18.9 Å². The minimum absolute atomic E-state index is 0.302. The van der Waals surface area contributed by atoms with Crippen LogP contribution in [0.25, 0.3) is 0 Å². The highest BCUT2D eigenvalue weighted by Crippen LogP contribution is 2.16. The van der Waals surface area contributed by atoms with E-state index in [1.165, 1.54) is 5.56 Å². The minimum Gasteiger partial charge on any atom is -0.491 e. The van der Waals surface area contributed by atoms with Crippen molar-refractivity contribution in [2.24, 2.45) is 5.92 Å². The van der Waals surface area contributed by atoms with Gasteiger partial charge in [-0.1, -0.05) is 26.0 Å². The van der Waals surface area contributed by atoms with Crippen molar-refractivity contribution in [3.05, 3.63) is 29.8 Å². The highest BCUT2D eigenvalue weighted by Gasteiger charge is 2.22. The monoisotopic (exact) mass is 294 g/mol. The van der Waals surface area contributed by atoms with E-state index in [-0.39, 0.29) is 0 Å². The van der Waals surface area contributed by atoms with Gasteiger partial charge in [-0.05, 0) is 30.0 Å². The molecule has 1 unspecified atom stereocenters. The summed E-state index contributed by atoms with van der Waals surface area (Å²) in [5, 5.41) is 0. The Labute approximate surface area is 127 Å². The molecule has 1 fully saturated rings. The Balaban J connectivity index is 1.51. The summed E-state index contributed by atoms with van der Waals surface area (Å²) in [5.41, 5.74) is 1.26. The van der Waals surface area contributed by atoms with Crippen LogP contribution in [-0.4, -0.2) is 45.7 Å². The first-order valence-corrected chi connectivity index (χ1v) is 7.73. The molecule has 0 amide bonds. The Morgan fingerprint density at radius 1 is 1.10 bits per heavy atom. The van der Waals surface area contributed by atoms with Crippen molar-refractivity contribution in [1.29, 1.82) is 0 Å². The van der Waals surface area contributed by atoms with Crippen molar-refractivity contribution in [3.63, 3.8) is 0 Å². The van der Waals surface area contributed by atoms with Crippen molar-refractivity contribution in [2.75, 3.05) is 39.6 Å². The summed E-state index contributed by atoms with van der Waals surface area (Å²) in [6.07, 6.45) is 1.21. The molecule has 2 rings (SSSR count). The molecule has 1 atom stereocenters. The quantitative estimate of drug-likeness (QED) is 0.465. The van der Waals surface area contributed by atoms with Gasteiger partial charge in [0, 0.05) is 6.61 Å². The number of hydrogen-bond acceptors (Lipinski definition) is 4. The Kier molecular flexibility index (Phi) is 7.00. The molecule has 0 aromatic heterocycles. The lowest BCUT2D eigenvalue weighted by atomic mass is 10.1. The molecule has 118 valence electrons. The molecule has 0 bridgehead atoms. The summed E-state index contributed by atoms with van der Waals surface area (Å²) in [6.45, 7) is 8.63. The Bertz CT molecular complexity index is 384. The molecule has 1 saturated heterocycles. The van der Waals surface area contributed by atoms with Crippen molar-refractivity contribution >= 4 is 0 Å². The van der Waals surface area contributed by atoms with E-state index in [0.29, 0.717) is 31.8 Å². The van der Waals surface area contributed by atoms with Crippen LogP contribution in [0.3, 0.4) is 0 Å². The van der Waals surface area contributed by atoms with Gasteiger partial charge in [0.1, 0.15) is 18.5 Å². The summed E-state index contributed by atoms with van der Waals surface area (Å²) in [4.78, 5) is 0. The molecule has 4 heteroatoms. The first-order valence-electron chi connectivity index (χ1n) is 7.73. The smallest absolute Gasteiger partial charge is 0.119 e. The third-order valence-electron chi connectivity index (χ3n) is 3.12. The maximum atomic E-state index is 5.60. The van der Waals surface area contributed by atoms with Crippen LogP contribution in [0.2, 0.25) is 0 Å². The third-order valence-corrected chi connectivity index (χ3v) is 3.12. The topological polar surface area (TPSA) is 40.2 Å². The Hall–Kier alpha value is -1.10. The van der Waals surface area contributed by atoms with Gasteiger partial charge in [0.25, 0.3) is 0 Å². The normalized spacial score (nSPS) is 17.2. The van der Waals surface area contributed by atoms with Crippen LogP contribution in [0, 0.1) is 5.92 Å². The van der Waals surface area contributed by atoms with E-state index in [1.807, 2.05) is 12.1 Å². The Morgan fingerprint density at radius 3 is 2.48 bits per heavy atom. The van der Waals surface area contributed by atoms with Crippen molar-refractivity contribution in [1.82, 2.24) is 0 Å². The van der Waals surface area contributed by atoms with E-state index in [2.05, 4.69) is 26.0 Å². The van der Waals surface area contributed by atoms with Crippen LogP contribution in [-0.2, 0) is 20.6 Å². The fourth-order valence-corrected chi connectivity index (χ4v) is 1.83.